The smallest absolute Gasteiger partial charge is 0.334 e. The predicted octanol–water partition coefficient (Wildman–Crippen LogP) is 3.61. The maximum Gasteiger partial charge on any atom is 0.334 e. The molecule has 32 heavy (non-hydrogen) atoms. The van der Waals surface area contributed by atoms with Gasteiger partial charge in [-0.3, -0.25) is 14.3 Å². The average Bonchev–Trinajstić information content (AvgIpc) is 3.09. The largest absolute Gasteiger partial charge is 0.355 e. The molecule has 3 aromatic heterocycles. The second kappa shape index (κ2) is 7.46. The highest BCUT2D eigenvalue weighted by Crippen LogP contribution is 2.30. The van der Waals surface area contributed by atoms with Crippen LogP contribution in [0.3, 0.4) is 0 Å². The van der Waals surface area contributed by atoms with Gasteiger partial charge in [-0.25, -0.2) is 14.3 Å². The topological polar surface area (TPSA) is 81.8 Å². The number of nitrogens with one attached hydrogen (secondary N) is 1. The number of rotatable bonds is 3. The molecule has 3 heterocycles. The van der Waals surface area contributed by atoms with E-state index in [0.29, 0.717) is 11.4 Å². The third-order valence-corrected chi connectivity index (χ3v) is 5.78. The molecular formula is C25H21N5O2. The number of fused-ring (bicyclic) bond motifs is 3. The van der Waals surface area contributed by atoms with Gasteiger partial charge in [-0.1, -0.05) is 24.3 Å². The van der Waals surface area contributed by atoms with Crippen LogP contribution in [-0.4, -0.2) is 32.1 Å². The van der Waals surface area contributed by atoms with E-state index in [1.807, 2.05) is 49.4 Å². The molecule has 0 saturated heterocycles. The summed E-state index contributed by atoms with van der Waals surface area (Å²) in [5.41, 5.74) is 5.57. The highest BCUT2D eigenvalue weighted by atomic mass is 16.2. The summed E-state index contributed by atoms with van der Waals surface area (Å²) in [4.78, 5) is 34.1. The zero-order valence-corrected chi connectivity index (χ0v) is 18.0. The molecule has 0 aliphatic carbocycles. The lowest BCUT2D eigenvalue weighted by molar-refractivity contribution is 0.0963. The number of nitrogens with zero attached hydrogens (tertiary/aromatic N) is 4. The Morgan fingerprint density at radius 1 is 1.00 bits per heavy atom. The third kappa shape index (κ3) is 2.98. The molecular weight excluding hydrogens is 402 g/mol. The molecule has 5 aromatic rings. The zero-order valence-electron chi connectivity index (χ0n) is 18.0. The Labute approximate surface area is 184 Å². The monoisotopic (exact) mass is 423 g/mol. The quantitative estimate of drug-likeness (QED) is 0.481. The zero-order chi connectivity index (χ0) is 22.4. The van der Waals surface area contributed by atoms with Gasteiger partial charge >= 0.3 is 5.69 Å². The second-order valence-electron chi connectivity index (χ2n) is 7.70. The van der Waals surface area contributed by atoms with E-state index in [-0.39, 0.29) is 11.6 Å². The highest BCUT2D eigenvalue weighted by Gasteiger charge is 2.18. The normalized spacial score (nSPS) is 11.2. The molecule has 0 saturated carbocycles. The van der Waals surface area contributed by atoms with Crippen molar-refractivity contribution in [3.63, 3.8) is 0 Å². The van der Waals surface area contributed by atoms with E-state index >= 15 is 0 Å². The minimum Gasteiger partial charge on any atom is -0.355 e. The number of aryl methyl sites for hydroxylation is 2. The summed E-state index contributed by atoms with van der Waals surface area (Å²) in [5.74, 6) is 0.482. The minimum absolute atomic E-state index is 0.125. The summed E-state index contributed by atoms with van der Waals surface area (Å²) < 4.78 is 3.26. The summed E-state index contributed by atoms with van der Waals surface area (Å²) in [7, 11) is 3.36. The highest BCUT2D eigenvalue weighted by molar-refractivity contribution is 6.04. The molecule has 1 amide bonds. The van der Waals surface area contributed by atoms with Crippen molar-refractivity contribution in [2.75, 3.05) is 7.05 Å². The molecule has 0 fully saturated rings. The van der Waals surface area contributed by atoms with Crippen molar-refractivity contribution < 1.29 is 4.79 Å². The number of hydrogen-bond donors (Lipinski definition) is 1. The number of pyridine rings is 2. The first-order chi connectivity index (χ1) is 15.5. The van der Waals surface area contributed by atoms with Crippen LogP contribution in [-0.2, 0) is 7.05 Å². The van der Waals surface area contributed by atoms with E-state index in [1.54, 1.807) is 47.8 Å². The van der Waals surface area contributed by atoms with Crippen molar-refractivity contribution in [2.24, 2.45) is 7.05 Å². The van der Waals surface area contributed by atoms with Crippen LogP contribution < -0.4 is 11.0 Å². The van der Waals surface area contributed by atoms with Crippen LogP contribution in [0.15, 0.2) is 71.8 Å². The first-order valence-corrected chi connectivity index (χ1v) is 10.2. The van der Waals surface area contributed by atoms with Crippen LogP contribution in [0.1, 0.15) is 15.9 Å². The summed E-state index contributed by atoms with van der Waals surface area (Å²) in [6.07, 6.45) is 3.42. The van der Waals surface area contributed by atoms with Gasteiger partial charge in [0.2, 0.25) is 0 Å². The van der Waals surface area contributed by atoms with E-state index < -0.39 is 0 Å². The van der Waals surface area contributed by atoms with Crippen molar-refractivity contribution in [1.29, 1.82) is 0 Å². The Morgan fingerprint density at radius 3 is 2.47 bits per heavy atom. The molecule has 2 aromatic carbocycles. The fraction of sp³-hybridized carbons (Fsp3) is 0.120. The third-order valence-electron chi connectivity index (χ3n) is 5.78. The van der Waals surface area contributed by atoms with Crippen LogP contribution in [0, 0.1) is 6.92 Å². The SMILES string of the molecule is CNC(=O)c1ccc(-c2ccc3ncc4c(c3c2)n(-c2ncccc2C)c(=O)n4C)cc1. The van der Waals surface area contributed by atoms with Crippen LogP contribution in [0.25, 0.3) is 38.9 Å². The van der Waals surface area contributed by atoms with Crippen molar-refractivity contribution in [1.82, 2.24) is 24.4 Å². The van der Waals surface area contributed by atoms with Gasteiger partial charge in [0.25, 0.3) is 5.91 Å². The average molecular weight is 423 g/mol. The molecule has 0 aliphatic heterocycles. The molecule has 0 unspecified atom stereocenters. The number of carbonyl (C=O) groups is 1. The van der Waals surface area contributed by atoms with Gasteiger partial charge in [-0.05, 0) is 53.9 Å². The Bertz CT molecular complexity index is 1560. The van der Waals surface area contributed by atoms with E-state index in [4.69, 9.17) is 0 Å². The van der Waals surface area contributed by atoms with Gasteiger partial charge in [-0.15, -0.1) is 0 Å². The Hall–Kier alpha value is -4.26. The van der Waals surface area contributed by atoms with E-state index in [9.17, 15) is 9.59 Å². The molecule has 0 bridgehead atoms. The van der Waals surface area contributed by atoms with Crippen LogP contribution in [0.2, 0.25) is 0 Å². The molecule has 7 heteroatoms. The van der Waals surface area contributed by atoms with Gasteiger partial charge in [-0.2, -0.15) is 0 Å². The number of aromatic nitrogens is 4. The fourth-order valence-corrected chi connectivity index (χ4v) is 4.04. The van der Waals surface area contributed by atoms with Gasteiger partial charge in [0.05, 0.1) is 22.7 Å². The van der Waals surface area contributed by atoms with Gasteiger partial charge in [0.1, 0.15) is 5.82 Å². The molecule has 1 N–H and O–H groups in total. The number of benzene rings is 2. The van der Waals surface area contributed by atoms with Gasteiger partial charge < -0.3 is 5.32 Å². The molecule has 158 valence electrons. The number of amides is 1. The first-order valence-electron chi connectivity index (χ1n) is 10.2. The molecule has 0 aliphatic rings. The summed E-state index contributed by atoms with van der Waals surface area (Å²) in [6, 6.07) is 17.2. The van der Waals surface area contributed by atoms with Gasteiger partial charge in [0.15, 0.2) is 0 Å². The maximum absolute atomic E-state index is 13.2. The molecule has 0 radical (unpaired) electrons. The van der Waals surface area contributed by atoms with Crippen molar-refractivity contribution in [2.45, 2.75) is 6.92 Å². The molecule has 0 atom stereocenters. The molecule has 5 rings (SSSR count). The summed E-state index contributed by atoms with van der Waals surface area (Å²) >= 11 is 0. The lowest BCUT2D eigenvalue weighted by atomic mass is 10.0. The van der Waals surface area contributed by atoms with Crippen LogP contribution in [0.5, 0.6) is 0 Å². The molecule has 7 nitrogen and oxygen atoms in total. The van der Waals surface area contributed by atoms with E-state index in [2.05, 4.69) is 15.3 Å². The standard InChI is InChI=1S/C25H21N5O2/c1-15-5-4-12-27-23(15)30-22-19-13-18(16-6-8-17(9-7-16)24(31)26-2)10-11-20(19)28-14-21(22)29(3)25(30)32/h4-14H,1-3H3,(H,26,31). The Kier molecular flexibility index (Phi) is 4.59. The maximum atomic E-state index is 13.2. The minimum atomic E-state index is -0.170. The number of imidazole rings is 1. The predicted molar refractivity (Wildman–Crippen MR) is 125 cm³/mol. The van der Waals surface area contributed by atoms with E-state index in [0.717, 1.165) is 38.6 Å². The Balaban J connectivity index is 1.78. The van der Waals surface area contributed by atoms with Crippen molar-refractivity contribution in [3.8, 4) is 16.9 Å². The number of hydrogen-bond acceptors (Lipinski definition) is 4. The molecule has 0 spiro atoms. The van der Waals surface area contributed by atoms with Crippen LogP contribution >= 0.6 is 0 Å². The van der Waals surface area contributed by atoms with Crippen LogP contribution in [0.4, 0.5) is 0 Å². The van der Waals surface area contributed by atoms with E-state index in [1.165, 1.54) is 0 Å². The second-order valence-corrected chi connectivity index (χ2v) is 7.70. The first kappa shape index (κ1) is 19.7. The fourth-order valence-electron chi connectivity index (χ4n) is 4.04. The van der Waals surface area contributed by atoms with Gasteiger partial charge in [0, 0.05) is 31.2 Å². The lowest BCUT2D eigenvalue weighted by Crippen LogP contribution is -2.22. The lowest BCUT2D eigenvalue weighted by Gasteiger charge is -2.09. The summed E-state index contributed by atoms with van der Waals surface area (Å²) in [6.45, 7) is 1.94. The van der Waals surface area contributed by atoms with Crippen molar-refractivity contribution in [3.05, 3.63) is 88.6 Å². The Morgan fingerprint density at radius 2 is 1.75 bits per heavy atom. The summed E-state index contributed by atoms with van der Waals surface area (Å²) in [5, 5.41) is 3.49. The number of carbonyl (C=O) groups excluding carboxylic acids is 1. The van der Waals surface area contributed by atoms with Crippen molar-refractivity contribution >= 4 is 27.8 Å².